The Morgan fingerprint density at radius 3 is 2.45 bits per heavy atom. The second-order valence-electron chi connectivity index (χ2n) is 4.38. The maximum atomic E-state index is 5.84. The highest BCUT2D eigenvalue weighted by Gasteiger charge is 2.08. The fraction of sp³-hybridized carbons (Fsp3) is 0.267. The summed E-state index contributed by atoms with van der Waals surface area (Å²) in [5.41, 5.74) is 1.11. The second kappa shape index (κ2) is 6.48. The van der Waals surface area contributed by atoms with E-state index in [-0.39, 0.29) is 0 Å². The van der Waals surface area contributed by atoms with Gasteiger partial charge in [0.2, 0.25) is 0 Å². The molecule has 0 N–H and O–H groups in total. The number of benzene rings is 1. The van der Waals surface area contributed by atoms with Crippen molar-refractivity contribution in [2.75, 3.05) is 26.2 Å². The lowest BCUT2D eigenvalue weighted by molar-refractivity contribution is 0.354. The summed E-state index contributed by atoms with van der Waals surface area (Å²) in [5.74, 6) is 2.31. The largest absolute Gasteiger partial charge is 0.493 e. The van der Waals surface area contributed by atoms with Gasteiger partial charge in [-0.15, -0.1) is 0 Å². The molecule has 0 atom stereocenters. The lowest BCUT2D eigenvalue weighted by Crippen LogP contribution is -2.17. The first-order chi connectivity index (χ1) is 9.63. The Labute approximate surface area is 123 Å². The SMILES string of the molecule is COc1ccc(CN(C)c2ccc(Cl)cn2)cc1OC. The van der Waals surface area contributed by atoms with E-state index in [0.29, 0.717) is 5.02 Å². The quantitative estimate of drug-likeness (QED) is 0.846. The summed E-state index contributed by atoms with van der Waals surface area (Å²) in [6, 6.07) is 9.59. The van der Waals surface area contributed by atoms with Crippen molar-refractivity contribution in [2.24, 2.45) is 0 Å². The van der Waals surface area contributed by atoms with Crippen LogP contribution in [0.3, 0.4) is 0 Å². The summed E-state index contributed by atoms with van der Waals surface area (Å²) in [6.07, 6.45) is 1.64. The normalized spacial score (nSPS) is 10.2. The van der Waals surface area contributed by atoms with E-state index in [2.05, 4.69) is 4.98 Å². The molecule has 106 valence electrons. The van der Waals surface area contributed by atoms with Gasteiger partial charge in [0.05, 0.1) is 19.2 Å². The number of hydrogen-bond donors (Lipinski definition) is 0. The molecule has 0 aliphatic rings. The van der Waals surface area contributed by atoms with E-state index in [0.717, 1.165) is 29.4 Å². The Morgan fingerprint density at radius 2 is 1.85 bits per heavy atom. The molecule has 2 aromatic rings. The number of rotatable bonds is 5. The van der Waals surface area contributed by atoms with E-state index in [9.17, 15) is 0 Å². The maximum absolute atomic E-state index is 5.84. The first-order valence-corrected chi connectivity index (χ1v) is 6.55. The van der Waals surface area contributed by atoms with E-state index >= 15 is 0 Å². The number of methoxy groups -OCH3 is 2. The van der Waals surface area contributed by atoms with Crippen LogP contribution in [-0.4, -0.2) is 26.3 Å². The van der Waals surface area contributed by atoms with Crippen molar-refractivity contribution < 1.29 is 9.47 Å². The minimum Gasteiger partial charge on any atom is -0.493 e. The molecule has 1 aromatic heterocycles. The highest BCUT2D eigenvalue weighted by molar-refractivity contribution is 6.30. The van der Waals surface area contributed by atoms with Gasteiger partial charge in [-0.1, -0.05) is 17.7 Å². The van der Waals surface area contributed by atoms with Crippen molar-refractivity contribution in [2.45, 2.75) is 6.54 Å². The molecular formula is C15H17ClN2O2. The number of aromatic nitrogens is 1. The zero-order chi connectivity index (χ0) is 14.5. The molecule has 1 heterocycles. The smallest absolute Gasteiger partial charge is 0.161 e. The molecule has 0 unspecified atom stereocenters. The molecule has 20 heavy (non-hydrogen) atoms. The van der Waals surface area contributed by atoms with Gasteiger partial charge in [0.15, 0.2) is 11.5 Å². The second-order valence-corrected chi connectivity index (χ2v) is 4.82. The van der Waals surface area contributed by atoms with Crippen LogP contribution >= 0.6 is 11.6 Å². The van der Waals surface area contributed by atoms with Crippen LogP contribution in [0.2, 0.25) is 5.02 Å². The van der Waals surface area contributed by atoms with Crippen LogP contribution in [0, 0.1) is 0 Å². The molecule has 0 fully saturated rings. The molecule has 0 aliphatic carbocycles. The Bertz CT molecular complexity index is 573. The van der Waals surface area contributed by atoms with Gasteiger partial charge >= 0.3 is 0 Å². The van der Waals surface area contributed by atoms with E-state index in [1.165, 1.54) is 0 Å². The summed E-state index contributed by atoms with van der Waals surface area (Å²) in [6.45, 7) is 0.717. The van der Waals surface area contributed by atoms with Crippen molar-refractivity contribution in [3.63, 3.8) is 0 Å². The standard InChI is InChI=1S/C15H17ClN2O2/c1-18(15-7-5-12(16)9-17-15)10-11-4-6-13(19-2)14(8-11)20-3/h4-9H,10H2,1-3H3. The highest BCUT2D eigenvalue weighted by atomic mass is 35.5. The third kappa shape index (κ3) is 3.33. The van der Waals surface area contributed by atoms with Crippen molar-refractivity contribution in [1.29, 1.82) is 0 Å². The lowest BCUT2D eigenvalue weighted by Gasteiger charge is -2.19. The van der Waals surface area contributed by atoms with Gasteiger partial charge in [-0.05, 0) is 29.8 Å². The fourth-order valence-corrected chi connectivity index (χ4v) is 2.04. The lowest BCUT2D eigenvalue weighted by atomic mass is 10.2. The first-order valence-electron chi connectivity index (χ1n) is 6.17. The summed E-state index contributed by atoms with van der Waals surface area (Å²) in [4.78, 5) is 6.33. The average Bonchev–Trinajstić information content (AvgIpc) is 2.47. The van der Waals surface area contributed by atoms with E-state index in [1.807, 2.05) is 42.3 Å². The number of pyridine rings is 1. The number of nitrogens with zero attached hydrogens (tertiary/aromatic N) is 2. The van der Waals surface area contributed by atoms with Gasteiger partial charge in [0.25, 0.3) is 0 Å². The van der Waals surface area contributed by atoms with E-state index < -0.39 is 0 Å². The number of ether oxygens (including phenoxy) is 2. The first kappa shape index (κ1) is 14.5. The zero-order valence-electron chi connectivity index (χ0n) is 11.8. The van der Waals surface area contributed by atoms with Crippen LogP contribution in [0.4, 0.5) is 5.82 Å². The molecule has 0 saturated heterocycles. The minimum absolute atomic E-state index is 0.633. The maximum Gasteiger partial charge on any atom is 0.161 e. The van der Waals surface area contributed by atoms with Gasteiger partial charge in [-0.2, -0.15) is 0 Å². The summed E-state index contributed by atoms with van der Waals surface area (Å²) in [5, 5.41) is 0.633. The van der Waals surface area contributed by atoms with Crippen molar-refractivity contribution in [3.8, 4) is 11.5 Å². The van der Waals surface area contributed by atoms with Crippen LogP contribution < -0.4 is 14.4 Å². The number of hydrogen-bond acceptors (Lipinski definition) is 4. The van der Waals surface area contributed by atoms with Gasteiger partial charge in [0, 0.05) is 19.8 Å². The zero-order valence-corrected chi connectivity index (χ0v) is 12.5. The van der Waals surface area contributed by atoms with Crippen LogP contribution in [0.5, 0.6) is 11.5 Å². The highest BCUT2D eigenvalue weighted by Crippen LogP contribution is 2.28. The molecule has 0 bridgehead atoms. The van der Waals surface area contributed by atoms with Crippen molar-refractivity contribution in [1.82, 2.24) is 4.98 Å². The Kier molecular flexibility index (Phi) is 4.69. The average molecular weight is 293 g/mol. The Balaban J connectivity index is 2.15. The topological polar surface area (TPSA) is 34.6 Å². The minimum atomic E-state index is 0.633. The van der Waals surface area contributed by atoms with Crippen LogP contribution in [0.25, 0.3) is 0 Å². The molecule has 2 rings (SSSR count). The molecule has 4 nitrogen and oxygen atoms in total. The predicted octanol–water partition coefficient (Wildman–Crippen LogP) is 3.39. The van der Waals surface area contributed by atoms with Gasteiger partial charge in [-0.25, -0.2) is 4.98 Å². The monoisotopic (exact) mass is 292 g/mol. The number of halogens is 1. The van der Waals surface area contributed by atoms with Crippen molar-refractivity contribution >= 4 is 17.4 Å². The third-order valence-corrected chi connectivity index (χ3v) is 3.19. The predicted molar refractivity (Wildman–Crippen MR) is 80.9 cm³/mol. The van der Waals surface area contributed by atoms with Crippen LogP contribution in [0.1, 0.15) is 5.56 Å². The van der Waals surface area contributed by atoms with Gasteiger partial charge < -0.3 is 14.4 Å². The molecule has 0 aliphatic heterocycles. The van der Waals surface area contributed by atoms with Crippen LogP contribution in [0.15, 0.2) is 36.5 Å². The third-order valence-electron chi connectivity index (χ3n) is 2.97. The Morgan fingerprint density at radius 1 is 1.10 bits per heavy atom. The number of anilines is 1. The van der Waals surface area contributed by atoms with Crippen LogP contribution in [-0.2, 0) is 6.54 Å². The fourth-order valence-electron chi connectivity index (χ4n) is 1.93. The summed E-state index contributed by atoms with van der Waals surface area (Å²) >= 11 is 5.84. The van der Waals surface area contributed by atoms with Gasteiger partial charge in [-0.3, -0.25) is 0 Å². The molecule has 1 aromatic carbocycles. The van der Waals surface area contributed by atoms with Crippen molar-refractivity contribution in [3.05, 3.63) is 47.1 Å². The molecular weight excluding hydrogens is 276 g/mol. The van der Waals surface area contributed by atoms with E-state index in [1.54, 1.807) is 20.4 Å². The molecule has 5 heteroatoms. The molecule has 0 radical (unpaired) electrons. The molecule has 0 amide bonds. The molecule has 0 saturated carbocycles. The molecule has 0 spiro atoms. The van der Waals surface area contributed by atoms with E-state index in [4.69, 9.17) is 21.1 Å². The van der Waals surface area contributed by atoms with Gasteiger partial charge in [0.1, 0.15) is 5.82 Å². The summed E-state index contributed by atoms with van der Waals surface area (Å²) in [7, 11) is 5.24. The summed E-state index contributed by atoms with van der Waals surface area (Å²) < 4.78 is 10.5. The Hall–Kier alpha value is -1.94.